The van der Waals surface area contributed by atoms with E-state index in [-0.39, 0.29) is 60.8 Å². The number of rotatable bonds is 6. The third-order valence-corrected chi connectivity index (χ3v) is 11.5. The molecule has 2 atom stereocenters. The number of ether oxygens (including phenoxy) is 1. The molecule has 0 bridgehead atoms. The predicted octanol–water partition coefficient (Wildman–Crippen LogP) is 6.16. The molecule has 3 aliphatic rings. The van der Waals surface area contributed by atoms with Gasteiger partial charge in [0.05, 0.1) is 33.1 Å². The number of nitrogen functional groups attached to an aromatic ring is 1. The molecule has 0 unspecified atom stereocenters. The second kappa shape index (κ2) is 12.5. The highest BCUT2D eigenvalue weighted by Crippen LogP contribution is 2.46. The average Bonchev–Trinajstić information content (AvgIpc) is 3.82. The quantitative estimate of drug-likeness (QED) is 0.218. The summed E-state index contributed by atoms with van der Waals surface area (Å²) in [5.41, 5.74) is 6.72. The Morgan fingerprint density at radius 2 is 2.04 bits per heavy atom. The first kappa shape index (κ1) is 33.5. The minimum Gasteiger partial charge on any atom is -0.461 e. The van der Waals surface area contributed by atoms with Crippen molar-refractivity contribution >= 4 is 60.7 Å². The van der Waals surface area contributed by atoms with Gasteiger partial charge in [-0.05, 0) is 49.6 Å². The first-order chi connectivity index (χ1) is 24.5. The van der Waals surface area contributed by atoms with Gasteiger partial charge in [-0.25, -0.2) is 13.2 Å². The summed E-state index contributed by atoms with van der Waals surface area (Å²) in [6.45, 7) is 2.58. The number of anilines is 2. The first-order valence-corrected chi connectivity index (χ1v) is 17.8. The van der Waals surface area contributed by atoms with Crippen LogP contribution >= 0.6 is 22.9 Å². The van der Waals surface area contributed by atoms with Crippen LogP contribution in [0.15, 0.2) is 24.3 Å². The minimum absolute atomic E-state index is 0.000697. The molecule has 2 aromatic carbocycles. The van der Waals surface area contributed by atoms with E-state index in [1.807, 2.05) is 11.0 Å². The number of nitrogens with two attached hydrogens (primary N) is 1. The van der Waals surface area contributed by atoms with Crippen molar-refractivity contribution in [3.8, 4) is 23.2 Å². The summed E-state index contributed by atoms with van der Waals surface area (Å²) >= 11 is 7.80. The van der Waals surface area contributed by atoms with Crippen molar-refractivity contribution < 1.29 is 22.7 Å². The number of nitriles is 1. The molecule has 1 amide bonds. The number of thiophene rings is 1. The van der Waals surface area contributed by atoms with Crippen molar-refractivity contribution in [2.24, 2.45) is 0 Å². The molecule has 3 aliphatic heterocycles. The van der Waals surface area contributed by atoms with E-state index in [1.165, 1.54) is 17.0 Å². The summed E-state index contributed by atoms with van der Waals surface area (Å²) in [6, 6.07) is 7.82. The summed E-state index contributed by atoms with van der Waals surface area (Å²) in [6.07, 6.45) is 1.68. The van der Waals surface area contributed by atoms with E-state index in [1.54, 1.807) is 30.9 Å². The van der Waals surface area contributed by atoms with Crippen LogP contribution in [0.5, 0.6) is 6.01 Å². The molecule has 5 aromatic rings. The Balaban J connectivity index is 1.28. The van der Waals surface area contributed by atoms with Gasteiger partial charge < -0.3 is 20.3 Å². The lowest BCUT2D eigenvalue weighted by Crippen LogP contribution is -2.43. The molecule has 2 N–H and O–H groups in total. The van der Waals surface area contributed by atoms with E-state index in [2.05, 4.69) is 15.0 Å². The molecule has 0 radical (unpaired) electrons. The fraction of sp³-hybridized carbons (Fsp3) is 0.400. The lowest BCUT2D eigenvalue weighted by molar-refractivity contribution is 0.0821. The van der Waals surface area contributed by atoms with Crippen molar-refractivity contribution in [1.29, 1.82) is 5.26 Å². The van der Waals surface area contributed by atoms with Crippen molar-refractivity contribution in [3.63, 3.8) is 0 Å². The van der Waals surface area contributed by atoms with Gasteiger partial charge in [0.2, 0.25) is 0 Å². The first-order valence-electron chi connectivity index (χ1n) is 16.6. The Morgan fingerprint density at radius 1 is 1.22 bits per heavy atom. The topological polar surface area (TPSA) is 129 Å². The highest BCUT2D eigenvalue weighted by Gasteiger charge is 2.49. The number of fused-ring (bicyclic) bond motifs is 4. The van der Waals surface area contributed by atoms with Gasteiger partial charge in [-0.15, -0.1) is 11.3 Å². The van der Waals surface area contributed by atoms with Crippen molar-refractivity contribution in [2.45, 2.75) is 50.5 Å². The number of benzene rings is 2. The van der Waals surface area contributed by atoms with Gasteiger partial charge in [-0.3, -0.25) is 14.4 Å². The number of nitrogens with zero attached hydrogens (tertiary/aromatic N) is 8. The van der Waals surface area contributed by atoms with Gasteiger partial charge >= 0.3 is 6.01 Å². The molecule has 8 rings (SSSR count). The van der Waals surface area contributed by atoms with Crippen LogP contribution < -0.4 is 15.4 Å². The second-order valence-electron chi connectivity index (χ2n) is 13.6. The molecular formula is C35H33ClF3N9O2S. The fourth-order valence-corrected chi connectivity index (χ4v) is 9.09. The van der Waals surface area contributed by atoms with Gasteiger partial charge in [-0.2, -0.15) is 20.3 Å². The fourth-order valence-electron chi connectivity index (χ4n) is 7.85. The number of aromatic nitrogens is 4. The predicted molar refractivity (Wildman–Crippen MR) is 189 cm³/mol. The highest BCUT2D eigenvalue weighted by atomic mass is 35.5. The molecule has 16 heteroatoms. The lowest BCUT2D eigenvalue weighted by atomic mass is 9.95. The monoisotopic (exact) mass is 735 g/mol. The van der Waals surface area contributed by atoms with Crippen LogP contribution in [0.25, 0.3) is 32.1 Å². The van der Waals surface area contributed by atoms with Gasteiger partial charge in [0.15, 0.2) is 11.5 Å². The third-order valence-electron chi connectivity index (χ3n) is 10.2. The van der Waals surface area contributed by atoms with Crippen LogP contribution in [0.4, 0.5) is 24.0 Å². The van der Waals surface area contributed by atoms with Gasteiger partial charge in [0.1, 0.15) is 41.0 Å². The molecule has 11 nitrogen and oxygen atoms in total. The van der Waals surface area contributed by atoms with Gasteiger partial charge in [0, 0.05) is 56.5 Å². The Kier molecular flexibility index (Phi) is 8.23. The Morgan fingerprint density at radius 3 is 2.82 bits per heavy atom. The molecule has 0 aliphatic carbocycles. The molecule has 2 saturated heterocycles. The molecule has 0 spiro atoms. The summed E-state index contributed by atoms with van der Waals surface area (Å²) in [4.78, 5) is 27.7. The SMILES string of the molecule is CN(C)C(=O)c1cc2n(n1)CCCN(c1nc(OC[C@@]34CCCN3C[C@H](F)C4)nc3c(F)c(-c4ccc(F)c5sc(N)c(C#N)c45)c(Cl)cc13)C2. The number of aryl methyl sites for hydroxylation is 1. The number of carbonyl (C=O) groups excluding carboxylic acids is 1. The maximum absolute atomic E-state index is 17.1. The minimum atomic E-state index is -0.965. The largest absolute Gasteiger partial charge is 0.461 e. The van der Waals surface area contributed by atoms with Crippen molar-refractivity contribution in [3.05, 3.63) is 57.9 Å². The smallest absolute Gasteiger partial charge is 0.319 e. The molecule has 264 valence electrons. The van der Waals surface area contributed by atoms with Crippen LogP contribution in [-0.4, -0.2) is 87.5 Å². The zero-order valence-electron chi connectivity index (χ0n) is 27.8. The summed E-state index contributed by atoms with van der Waals surface area (Å²) in [7, 11) is 3.32. The van der Waals surface area contributed by atoms with Crippen LogP contribution in [0.2, 0.25) is 5.02 Å². The lowest BCUT2D eigenvalue weighted by Gasteiger charge is -2.31. The molecular weight excluding hydrogens is 703 g/mol. The standard InChI is InChI=1S/C35H33ClF3N9O2S/c1-45(2)33(49)25-11-19-16-46(8-4-10-48(19)44-25)32-21-12-23(36)27(20-5-6-24(38)30-26(20)22(14-40)31(41)51-30)28(39)29(21)42-34(43-32)50-17-35-7-3-9-47(35)15-18(37)13-35/h5-6,11-12,18H,3-4,7-10,13,15-17,41H2,1-2H3/t18-,35+/m1/s1. The normalized spacial score (nSPS) is 20.4. The summed E-state index contributed by atoms with van der Waals surface area (Å²) in [5, 5.41) is 15.0. The molecule has 2 fully saturated rings. The van der Waals surface area contributed by atoms with Crippen LogP contribution in [0.1, 0.15) is 47.4 Å². The number of amides is 1. The van der Waals surface area contributed by atoms with Crippen LogP contribution in [0, 0.1) is 23.0 Å². The van der Waals surface area contributed by atoms with Crippen LogP contribution in [0.3, 0.4) is 0 Å². The summed E-state index contributed by atoms with van der Waals surface area (Å²) in [5.74, 6) is -1.27. The number of hydrogen-bond acceptors (Lipinski definition) is 10. The van der Waals surface area contributed by atoms with E-state index in [9.17, 15) is 18.8 Å². The number of alkyl halides is 1. The maximum Gasteiger partial charge on any atom is 0.319 e. The van der Waals surface area contributed by atoms with E-state index >= 15 is 4.39 Å². The van der Waals surface area contributed by atoms with Crippen molar-refractivity contribution in [1.82, 2.24) is 29.5 Å². The highest BCUT2D eigenvalue weighted by molar-refractivity contribution is 7.23. The average molecular weight is 736 g/mol. The van der Waals surface area contributed by atoms with Crippen LogP contribution in [-0.2, 0) is 13.1 Å². The van der Waals surface area contributed by atoms with Gasteiger partial charge in [-0.1, -0.05) is 17.7 Å². The Labute approximate surface area is 300 Å². The second-order valence-corrected chi connectivity index (χ2v) is 15.1. The maximum atomic E-state index is 17.1. The zero-order valence-corrected chi connectivity index (χ0v) is 29.4. The number of carbonyl (C=O) groups is 1. The number of hydrogen-bond donors (Lipinski definition) is 1. The molecule has 6 heterocycles. The van der Waals surface area contributed by atoms with Gasteiger partial charge in [0.25, 0.3) is 5.91 Å². The molecule has 0 saturated carbocycles. The zero-order chi connectivity index (χ0) is 35.8. The Hall–Kier alpha value is -4.65. The third kappa shape index (κ3) is 5.51. The van der Waals surface area contributed by atoms with E-state index in [4.69, 9.17) is 27.1 Å². The van der Waals surface area contributed by atoms with E-state index < -0.39 is 23.3 Å². The Bertz CT molecular complexity index is 2290. The van der Waals surface area contributed by atoms with E-state index in [0.717, 1.165) is 36.4 Å². The van der Waals surface area contributed by atoms with Crippen molar-refractivity contribution in [2.75, 3.05) is 51.0 Å². The molecule has 51 heavy (non-hydrogen) atoms. The number of halogens is 4. The summed E-state index contributed by atoms with van der Waals surface area (Å²) < 4.78 is 54.9. The van der Waals surface area contributed by atoms with E-state index in [0.29, 0.717) is 55.9 Å². The molecule has 3 aromatic heterocycles.